The number of thiazole rings is 1. The van der Waals surface area contributed by atoms with E-state index in [0.717, 1.165) is 5.56 Å². The number of hydrogen-bond donors (Lipinski definition) is 0. The maximum atomic E-state index is 14.3. The zero-order valence-corrected chi connectivity index (χ0v) is 31.4. The van der Waals surface area contributed by atoms with Crippen molar-refractivity contribution in [3.8, 4) is 34.5 Å². The van der Waals surface area contributed by atoms with E-state index in [0.29, 0.717) is 71.7 Å². The van der Waals surface area contributed by atoms with Gasteiger partial charge in [-0.3, -0.25) is 9.36 Å². The second kappa shape index (κ2) is 15.9. The van der Waals surface area contributed by atoms with Crippen LogP contribution in [0.25, 0.3) is 6.08 Å². The second-order valence-corrected chi connectivity index (χ2v) is 13.2. The van der Waals surface area contributed by atoms with Gasteiger partial charge in [-0.1, -0.05) is 39.4 Å². The zero-order valence-electron chi connectivity index (χ0n) is 29.0. The van der Waals surface area contributed by atoms with Crippen LogP contribution in [-0.4, -0.2) is 57.3 Å². The molecule has 3 aromatic carbocycles. The summed E-state index contributed by atoms with van der Waals surface area (Å²) in [4.78, 5) is 44.6. The zero-order chi connectivity index (χ0) is 36.9. The lowest BCUT2D eigenvalue weighted by molar-refractivity contribution is -0.143. The number of methoxy groups -OCH3 is 2. The number of rotatable bonds is 13. The fourth-order valence-electron chi connectivity index (χ4n) is 5.65. The van der Waals surface area contributed by atoms with Crippen molar-refractivity contribution in [3.63, 3.8) is 0 Å². The second-order valence-electron chi connectivity index (χ2n) is 11.3. The Hall–Kier alpha value is -5.28. The highest BCUT2D eigenvalue weighted by atomic mass is 79.9. The van der Waals surface area contributed by atoms with E-state index in [1.807, 2.05) is 18.2 Å². The molecule has 3 heterocycles. The highest BCUT2D eigenvalue weighted by Crippen LogP contribution is 2.38. The Bertz CT molecular complexity index is 2240. The average molecular weight is 796 g/mol. The normalized spacial score (nSPS) is 14.7. The first kappa shape index (κ1) is 36.5. The molecule has 2 aliphatic rings. The number of allylic oxidation sites excluding steroid dienone is 1. The number of fused-ring (bicyclic) bond motifs is 2. The van der Waals surface area contributed by atoms with Gasteiger partial charge in [0, 0.05) is 4.47 Å². The summed E-state index contributed by atoms with van der Waals surface area (Å²) in [6.45, 7) is 5.75. The molecule has 0 amide bonds. The highest BCUT2D eigenvalue weighted by molar-refractivity contribution is 9.10. The lowest BCUT2D eigenvalue weighted by atomic mass is 9.95. The van der Waals surface area contributed by atoms with Crippen molar-refractivity contribution in [2.75, 3.05) is 40.8 Å². The Labute approximate surface area is 310 Å². The van der Waals surface area contributed by atoms with Crippen LogP contribution in [0, 0.1) is 0 Å². The van der Waals surface area contributed by atoms with Crippen LogP contribution in [0.15, 0.2) is 74.1 Å². The predicted octanol–water partition coefficient (Wildman–Crippen LogP) is 4.83. The monoisotopic (exact) mass is 794 g/mol. The molecule has 52 heavy (non-hydrogen) atoms. The molecule has 2 aliphatic heterocycles. The summed E-state index contributed by atoms with van der Waals surface area (Å²) in [5.74, 6) is 1.75. The molecule has 0 unspecified atom stereocenters. The van der Waals surface area contributed by atoms with Crippen LogP contribution in [0.1, 0.15) is 43.5 Å². The van der Waals surface area contributed by atoms with Gasteiger partial charge in [-0.25, -0.2) is 14.6 Å². The summed E-state index contributed by atoms with van der Waals surface area (Å²) >= 11 is 4.82. The molecule has 0 bridgehead atoms. The van der Waals surface area contributed by atoms with Crippen molar-refractivity contribution in [1.82, 2.24) is 4.57 Å². The van der Waals surface area contributed by atoms with Crippen molar-refractivity contribution in [1.29, 1.82) is 0 Å². The molecular weight excluding hydrogens is 760 g/mol. The number of hydrogen-bond acceptors (Lipinski definition) is 13. The van der Waals surface area contributed by atoms with E-state index in [2.05, 4.69) is 20.9 Å². The van der Waals surface area contributed by atoms with E-state index in [-0.39, 0.29) is 37.7 Å². The lowest BCUT2D eigenvalue weighted by Gasteiger charge is -2.25. The third-order valence-electron chi connectivity index (χ3n) is 8.07. The van der Waals surface area contributed by atoms with E-state index in [1.54, 1.807) is 57.2 Å². The van der Waals surface area contributed by atoms with Crippen LogP contribution in [0.3, 0.4) is 0 Å². The molecule has 272 valence electrons. The van der Waals surface area contributed by atoms with Gasteiger partial charge < -0.3 is 37.9 Å². The molecule has 0 spiro atoms. The van der Waals surface area contributed by atoms with Gasteiger partial charge in [-0.15, -0.1) is 0 Å². The highest BCUT2D eigenvalue weighted by Gasteiger charge is 2.34. The van der Waals surface area contributed by atoms with Gasteiger partial charge in [0.2, 0.25) is 6.79 Å². The van der Waals surface area contributed by atoms with Crippen LogP contribution >= 0.6 is 27.3 Å². The van der Waals surface area contributed by atoms with Crippen molar-refractivity contribution >= 4 is 45.3 Å². The molecule has 0 saturated heterocycles. The summed E-state index contributed by atoms with van der Waals surface area (Å²) in [6, 6.07) is 13.3. The van der Waals surface area contributed by atoms with E-state index < -0.39 is 18.0 Å². The smallest absolute Gasteiger partial charge is 0.343 e. The maximum absolute atomic E-state index is 14.3. The van der Waals surface area contributed by atoms with Gasteiger partial charge in [0.15, 0.2) is 45.9 Å². The van der Waals surface area contributed by atoms with Crippen molar-refractivity contribution < 1.29 is 47.5 Å². The van der Waals surface area contributed by atoms with Crippen LogP contribution < -0.4 is 43.3 Å². The van der Waals surface area contributed by atoms with E-state index in [9.17, 15) is 14.4 Å². The van der Waals surface area contributed by atoms with E-state index in [1.165, 1.54) is 30.1 Å². The summed E-state index contributed by atoms with van der Waals surface area (Å²) in [7, 11) is 2.80. The Morgan fingerprint density at radius 2 is 1.75 bits per heavy atom. The largest absolute Gasteiger partial charge is 0.493 e. The van der Waals surface area contributed by atoms with Gasteiger partial charge in [-0.05, 0) is 79.9 Å². The van der Waals surface area contributed by atoms with Gasteiger partial charge >= 0.3 is 11.9 Å². The lowest BCUT2D eigenvalue weighted by Crippen LogP contribution is -2.40. The molecule has 0 radical (unpaired) electrons. The van der Waals surface area contributed by atoms with Gasteiger partial charge in [0.05, 0.1) is 49.3 Å². The average Bonchev–Trinajstić information content (AvgIpc) is 3.73. The van der Waals surface area contributed by atoms with Crippen molar-refractivity contribution in [3.05, 3.63) is 101 Å². The van der Waals surface area contributed by atoms with E-state index >= 15 is 0 Å². The molecule has 1 atom stereocenters. The molecule has 13 nitrogen and oxygen atoms in total. The number of halogens is 1. The first-order chi connectivity index (χ1) is 25.1. The molecule has 6 rings (SSSR count). The van der Waals surface area contributed by atoms with Crippen molar-refractivity contribution in [2.45, 2.75) is 33.4 Å². The van der Waals surface area contributed by atoms with Crippen LogP contribution in [-0.2, 0) is 25.7 Å². The third-order valence-corrected chi connectivity index (χ3v) is 9.74. The molecule has 15 heteroatoms. The minimum atomic E-state index is -0.906. The number of benzene rings is 3. The topological polar surface area (TPSA) is 142 Å². The fraction of sp³-hybridized carbons (Fsp3) is 0.297. The van der Waals surface area contributed by atoms with Gasteiger partial charge in [-0.2, -0.15) is 0 Å². The van der Waals surface area contributed by atoms with Crippen LogP contribution in [0.5, 0.6) is 34.5 Å². The first-order valence-corrected chi connectivity index (χ1v) is 17.8. The number of aromatic nitrogens is 1. The Balaban J connectivity index is 1.38. The minimum Gasteiger partial charge on any atom is -0.493 e. The minimum absolute atomic E-state index is 0.128. The molecular formula is C37H35BrN2O11S. The Morgan fingerprint density at radius 3 is 2.50 bits per heavy atom. The molecule has 0 fully saturated rings. The molecule has 4 aromatic rings. The number of carbonyl (C=O) groups excluding carboxylic acids is 2. The Kier molecular flexibility index (Phi) is 11.2. The number of nitrogens with zero attached hydrogens (tertiary/aromatic N) is 2. The molecule has 0 saturated carbocycles. The summed E-state index contributed by atoms with van der Waals surface area (Å²) in [5, 5.41) is 0. The summed E-state index contributed by atoms with van der Waals surface area (Å²) in [5.41, 5.74) is 2.33. The number of ether oxygens (including phenoxy) is 8. The quantitative estimate of drug-likeness (QED) is 0.172. The number of esters is 2. The summed E-state index contributed by atoms with van der Waals surface area (Å²) < 4.78 is 46.8. The SMILES string of the molecule is CCOC(=O)C1=C(C)N=c2s/c(=C\c3cc(OC)c(OCc4ccc5c(c4)OCO5)cc3Br)c(=O)n2[C@H]1c1ccc(OCC(=O)OC)c(OCC)c1. The predicted molar refractivity (Wildman–Crippen MR) is 193 cm³/mol. The van der Waals surface area contributed by atoms with E-state index in [4.69, 9.17) is 37.9 Å². The maximum Gasteiger partial charge on any atom is 0.343 e. The summed E-state index contributed by atoms with van der Waals surface area (Å²) in [6.07, 6.45) is 1.73. The third kappa shape index (κ3) is 7.51. The number of carbonyl (C=O) groups is 2. The first-order valence-electron chi connectivity index (χ1n) is 16.2. The molecule has 1 aromatic heterocycles. The molecule has 0 aliphatic carbocycles. The van der Waals surface area contributed by atoms with Crippen LogP contribution in [0.2, 0.25) is 0 Å². The fourth-order valence-corrected chi connectivity index (χ4v) is 7.13. The standard InChI is InChI=1S/C37H35BrN2O11S/c1-6-46-29-13-22(9-11-25(29)49-18-32(41)45-5)34-33(36(43)47-7-2)20(3)39-37-40(34)35(42)31(52-37)15-23-14-27(44-4)30(16-24(23)38)48-17-21-8-10-26-28(12-21)51-19-50-26/h8-16,34H,6-7,17-19H2,1-5H3/b31-15-/t34-/m0/s1. The van der Waals surface area contributed by atoms with Crippen molar-refractivity contribution in [2.24, 2.45) is 4.99 Å². The molecule has 0 N–H and O–H groups in total. The Morgan fingerprint density at radius 1 is 0.962 bits per heavy atom. The van der Waals surface area contributed by atoms with Gasteiger partial charge in [0.1, 0.15) is 6.61 Å². The van der Waals surface area contributed by atoms with Gasteiger partial charge in [0.25, 0.3) is 5.56 Å². The van der Waals surface area contributed by atoms with Crippen LogP contribution in [0.4, 0.5) is 0 Å².